The number of nitrogens with one attached hydrogen (secondary N) is 2. The summed E-state index contributed by atoms with van der Waals surface area (Å²) in [6, 6.07) is 6.45. The summed E-state index contributed by atoms with van der Waals surface area (Å²) in [5.74, 6) is 0. The quantitative estimate of drug-likeness (QED) is 0.635. The van der Waals surface area contributed by atoms with Crippen LogP contribution in [0.2, 0.25) is 0 Å². The summed E-state index contributed by atoms with van der Waals surface area (Å²) >= 11 is 0. The lowest BCUT2D eigenvalue weighted by Crippen LogP contribution is -2.42. The van der Waals surface area contributed by atoms with Crippen LogP contribution in [0.1, 0.15) is 19.4 Å². The van der Waals surface area contributed by atoms with E-state index in [4.69, 9.17) is 0 Å². The molecule has 0 unspecified atom stereocenters. The van der Waals surface area contributed by atoms with Gasteiger partial charge in [-0.1, -0.05) is 6.07 Å². The van der Waals surface area contributed by atoms with Crippen LogP contribution in [0.4, 0.5) is 11.4 Å². The van der Waals surface area contributed by atoms with E-state index in [0.717, 1.165) is 6.54 Å². The van der Waals surface area contributed by atoms with Gasteiger partial charge in [0, 0.05) is 12.1 Å². The molecule has 70 valence electrons. The summed E-state index contributed by atoms with van der Waals surface area (Å²) in [5.41, 5.74) is 3.89. The smallest absolute Gasteiger partial charge is 0.0580 e. The standard InChI is InChI=1S/C11H16N2/c1-8-4-5-9-10(6-8)12-7-11(2,3)13-9/h4-6,12-13H,7H2,1-3H3. The van der Waals surface area contributed by atoms with Crippen molar-refractivity contribution in [2.45, 2.75) is 26.3 Å². The monoisotopic (exact) mass is 176 g/mol. The van der Waals surface area contributed by atoms with E-state index in [2.05, 4.69) is 49.6 Å². The third kappa shape index (κ3) is 1.62. The van der Waals surface area contributed by atoms with Crippen LogP contribution < -0.4 is 10.6 Å². The summed E-state index contributed by atoms with van der Waals surface area (Å²) in [7, 11) is 0. The van der Waals surface area contributed by atoms with E-state index in [1.54, 1.807) is 0 Å². The fourth-order valence-electron chi connectivity index (χ4n) is 1.64. The number of aryl methyl sites for hydroxylation is 1. The summed E-state index contributed by atoms with van der Waals surface area (Å²) in [6.45, 7) is 7.48. The Balaban J connectivity index is 2.37. The average Bonchev–Trinajstić information content (AvgIpc) is 2.05. The first kappa shape index (κ1) is 8.42. The van der Waals surface area contributed by atoms with Crippen LogP contribution in [0, 0.1) is 6.92 Å². The van der Waals surface area contributed by atoms with Crippen molar-refractivity contribution >= 4 is 11.4 Å². The molecule has 2 nitrogen and oxygen atoms in total. The van der Waals surface area contributed by atoms with Crippen LogP contribution >= 0.6 is 0 Å². The largest absolute Gasteiger partial charge is 0.381 e. The van der Waals surface area contributed by atoms with Gasteiger partial charge in [0.1, 0.15) is 0 Å². The van der Waals surface area contributed by atoms with Crippen molar-refractivity contribution in [2.75, 3.05) is 17.2 Å². The summed E-state index contributed by atoms with van der Waals surface area (Å²) in [4.78, 5) is 0. The van der Waals surface area contributed by atoms with Gasteiger partial charge in [0.15, 0.2) is 0 Å². The van der Waals surface area contributed by atoms with Gasteiger partial charge in [-0.2, -0.15) is 0 Å². The highest BCUT2D eigenvalue weighted by atomic mass is 15.1. The van der Waals surface area contributed by atoms with E-state index in [1.807, 2.05) is 0 Å². The molecule has 2 heteroatoms. The molecule has 1 aliphatic heterocycles. The van der Waals surface area contributed by atoms with Crippen LogP contribution in [0.25, 0.3) is 0 Å². The van der Waals surface area contributed by atoms with Gasteiger partial charge in [0.25, 0.3) is 0 Å². The molecule has 13 heavy (non-hydrogen) atoms. The SMILES string of the molecule is Cc1ccc2c(c1)NCC(C)(C)N2. The first-order chi connectivity index (χ1) is 6.07. The van der Waals surface area contributed by atoms with Gasteiger partial charge in [-0.25, -0.2) is 0 Å². The van der Waals surface area contributed by atoms with Crippen molar-refractivity contribution in [3.05, 3.63) is 23.8 Å². The molecule has 1 aliphatic rings. The van der Waals surface area contributed by atoms with E-state index in [0.29, 0.717) is 0 Å². The fraction of sp³-hybridized carbons (Fsp3) is 0.455. The van der Waals surface area contributed by atoms with Gasteiger partial charge in [0.05, 0.1) is 11.4 Å². The van der Waals surface area contributed by atoms with Crippen molar-refractivity contribution in [1.29, 1.82) is 0 Å². The molecule has 0 aromatic heterocycles. The molecule has 0 radical (unpaired) electrons. The summed E-state index contributed by atoms with van der Waals surface area (Å²) < 4.78 is 0. The van der Waals surface area contributed by atoms with Crippen LogP contribution in [0.5, 0.6) is 0 Å². The van der Waals surface area contributed by atoms with Crippen molar-refractivity contribution in [3.63, 3.8) is 0 Å². The molecular weight excluding hydrogens is 160 g/mol. The molecule has 1 heterocycles. The highest BCUT2D eigenvalue weighted by Crippen LogP contribution is 2.30. The predicted octanol–water partition coefficient (Wildman–Crippen LogP) is 2.61. The van der Waals surface area contributed by atoms with E-state index in [-0.39, 0.29) is 5.54 Å². The molecule has 0 bridgehead atoms. The zero-order valence-corrected chi connectivity index (χ0v) is 8.44. The first-order valence-corrected chi connectivity index (χ1v) is 4.70. The number of rotatable bonds is 0. The third-order valence-electron chi connectivity index (χ3n) is 2.37. The second-order valence-corrected chi connectivity index (χ2v) is 4.41. The van der Waals surface area contributed by atoms with Crippen LogP contribution in [0.3, 0.4) is 0 Å². The van der Waals surface area contributed by atoms with E-state index in [1.165, 1.54) is 16.9 Å². The molecule has 0 saturated carbocycles. The Hall–Kier alpha value is -1.18. The Morgan fingerprint density at radius 2 is 2.00 bits per heavy atom. The molecule has 0 saturated heterocycles. The number of hydrogen-bond donors (Lipinski definition) is 2. The van der Waals surface area contributed by atoms with Gasteiger partial charge in [-0.15, -0.1) is 0 Å². The van der Waals surface area contributed by atoms with Gasteiger partial charge in [-0.3, -0.25) is 0 Å². The average molecular weight is 176 g/mol. The molecule has 2 rings (SSSR count). The van der Waals surface area contributed by atoms with Gasteiger partial charge in [0.2, 0.25) is 0 Å². The van der Waals surface area contributed by atoms with Gasteiger partial charge in [-0.05, 0) is 38.5 Å². The summed E-state index contributed by atoms with van der Waals surface area (Å²) in [5, 5.41) is 6.93. The third-order valence-corrected chi connectivity index (χ3v) is 2.37. The van der Waals surface area contributed by atoms with Crippen molar-refractivity contribution in [2.24, 2.45) is 0 Å². The molecule has 0 aliphatic carbocycles. The molecular formula is C11H16N2. The first-order valence-electron chi connectivity index (χ1n) is 4.70. The lowest BCUT2D eigenvalue weighted by molar-refractivity contribution is 0.589. The van der Waals surface area contributed by atoms with Crippen LogP contribution in [-0.4, -0.2) is 12.1 Å². The number of hydrogen-bond acceptors (Lipinski definition) is 2. The van der Waals surface area contributed by atoms with Gasteiger partial charge < -0.3 is 10.6 Å². The van der Waals surface area contributed by atoms with Crippen LogP contribution in [-0.2, 0) is 0 Å². The topological polar surface area (TPSA) is 24.1 Å². The minimum atomic E-state index is 0.155. The molecule has 0 amide bonds. The number of anilines is 2. The molecule has 1 aromatic rings. The second kappa shape index (κ2) is 2.66. The highest BCUT2D eigenvalue weighted by molar-refractivity contribution is 5.72. The Morgan fingerprint density at radius 1 is 1.23 bits per heavy atom. The lowest BCUT2D eigenvalue weighted by atomic mass is 10.0. The summed E-state index contributed by atoms with van der Waals surface area (Å²) in [6.07, 6.45) is 0. The van der Waals surface area contributed by atoms with Crippen molar-refractivity contribution in [1.82, 2.24) is 0 Å². The zero-order valence-electron chi connectivity index (χ0n) is 8.44. The minimum Gasteiger partial charge on any atom is -0.381 e. The maximum absolute atomic E-state index is 3.50. The molecule has 0 spiro atoms. The molecule has 0 fully saturated rings. The number of fused-ring (bicyclic) bond motifs is 1. The Morgan fingerprint density at radius 3 is 2.77 bits per heavy atom. The lowest BCUT2D eigenvalue weighted by Gasteiger charge is -2.34. The second-order valence-electron chi connectivity index (χ2n) is 4.41. The number of benzene rings is 1. The van der Waals surface area contributed by atoms with Crippen molar-refractivity contribution < 1.29 is 0 Å². The van der Waals surface area contributed by atoms with E-state index < -0.39 is 0 Å². The van der Waals surface area contributed by atoms with Crippen LogP contribution in [0.15, 0.2) is 18.2 Å². The molecule has 1 aromatic carbocycles. The normalized spacial score (nSPS) is 18.4. The highest BCUT2D eigenvalue weighted by Gasteiger charge is 2.23. The Labute approximate surface area is 79.4 Å². The van der Waals surface area contributed by atoms with E-state index in [9.17, 15) is 0 Å². The van der Waals surface area contributed by atoms with Crippen molar-refractivity contribution in [3.8, 4) is 0 Å². The Bertz CT molecular complexity index is 329. The van der Waals surface area contributed by atoms with E-state index >= 15 is 0 Å². The molecule has 0 atom stereocenters. The maximum atomic E-state index is 3.50. The Kier molecular flexibility index (Phi) is 1.72. The maximum Gasteiger partial charge on any atom is 0.0580 e. The minimum absolute atomic E-state index is 0.155. The zero-order chi connectivity index (χ0) is 9.47. The molecule has 2 N–H and O–H groups in total. The van der Waals surface area contributed by atoms with Gasteiger partial charge >= 0.3 is 0 Å². The predicted molar refractivity (Wildman–Crippen MR) is 57.4 cm³/mol. The fourth-order valence-corrected chi connectivity index (χ4v) is 1.64.